The average molecular weight is 899 g/mol. The Labute approximate surface area is 378 Å². The summed E-state index contributed by atoms with van der Waals surface area (Å²) in [5, 5.41) is 14.4. The highest BCUT2D eigenvalue weighted by molar-refractivity contribution is 5.82. The van der Waals surface area contributed by atoms with Crippen LogP contribution < -0.4 is 11.4 Å². The van der Waals surface area contributed by atoms with E-state index in [4.69, 9.17) is 9.84 Å². The molecule has 7 heterocycles. The Kier molecular flexibility index (Phi) is 11.4. The van der Waals surface area contributed by atoms with Gasteiger partial charge in [-0.15, -0.1) is 0 Å². The number of hydrogen-bond donors (Lipinski definition) is 2. The van der Waals surface area contributed by atoms with Crippen LogP contribution in [0.2, 0.25) is 0 Å². The Morgan fingerprint density at radius 2 is 1.67 bits per heavy atom. The number of aromatic amines is 2. The molecule has 4 aliphatic rings. The van der Waals surface area contributed by atoms with Crippen molar-refractivity contribution in [1.82, 2.24) is 48.7 Å². The zero-order chi connectivity index (χ0) is 45.8. The van der Waals surface area contributed by atoms with Gasteiger partial charge in [-0.25, -0.2) is 23.1 Å². The van der Waals surface area contributed by atoms with E-state index < -0.39 is 17.3 Å². The monoisotopic (exact) mass is 898 g/mol. The van der Waals surface area contributed by atoms with Crippen molar-refractivity contribution in [2.75, 3.05) is 19.8 Å². The molecule has 2 unspecified atom stereocenters. The van der Waals surface area contributed by atoms with Crippen molar-refractivity contribution in [3.8, 4) is 17.2 Å². The summed E-state index contributed by atoms with van der Waals surface area (Å²) in [4.78, 5) is 43.5. The molecule has 2 aliphatic carbocycles. The molecule has 1 saturated heterocycles. The summed E-state index contributed by atoms with van der Waals surface area (Å²) in [5.74, 6) is 2.24. The number of hydrogen-bond acceptors (Lipinski definition) is 8. The second-order valence-electron chi connectivity index (χ2n) is 18.3. The van der Waals surface area contributed by atoms with E-state index in [1.165, 1.54) is 43.7 Å². The third-order valence-electron chi connectivity index (χ3n) is 13.4. The van der Waals surface area contributed by atoms with Gasteiger partial charge >= 0.3 is 11.4 Å². The Hall–Kier alpha value is -6.88. The maximum absolute atomic E-state index is 15.8. The Morgan fingerprint density at radius 3 is 2.36 bits per heavy atom. The second kappa shape index (κ2) is 17.5. The van der Waals surface area contributed by atoms with E-state index >= 15 is 4.39 Å². The van der Waals surface area contributed by atoms with E-state index in [1.807, 2.05) is 4.68 Å². The third-order valence-corrected chi connectivity index (χ3v) is 13.4. The number of aromatic nitrogens is 9. The Balaban J connectivity index is 0.000000159. The van der Waals surface area contributed by atoms with Gasteiger partial charge in [0, 0.05) is 67.8 Å². The summed E-state index contributed by atoms with van der Waals surface area (Å²) < 4.78 is 46.1. The molecule has 66 heavy (non-hydrogen) atoms. The molecule has 1 amide bonds. The highest BCUT2D eigenvalue weighted by atomic mass is 19.1. The minimum absolute atomic E-state index is 0.116. The summed E-state index contributed by atoms with van der Waals surface area (Å²) in [5.41, 5.74) is 7.23. The van der Waals surface area contributed by atoms with Gasteiger partial charge in [-0.05, 0) is 135 Å². The number of fused-ring (bicyclic) bond motifs is 3. The first-order valence-electron chi connectivity index (χ1n) is 22.7. The lowest BCUT2D eigenvalue weighted by atomic mass is 9.91. The van der Waals surface area contributed by atoms with Gasteiger partial charge in [0.2, 0.25) is 6.41 Å². The summed E-state index contributed by atoms with van der Waals surface area (Å²) in [6.45, 7) is 10.9. The molecule has 2 saturated carbocycles. The van der Waals surface area contributed by atoms with Gasteiger partial charge < -0.3 is 14.6 Å². The van der Waals surface area contributed by atoms with Gasteiger partial charge in [0.15, 0.2) is 11.6 Å². The van der Waals surface area contributed by atoms with Crippen LogP contribution in [0.15, 0.2) is 81.2 Å². The topological polar surface area (TPSA) is 167 Å². The second-order valence-corrected chi connectivity index (χ2v) is 18.3. The number of rotatable bonds is 8. The SMILES string of the molecule is CC1CC1c1noc(=O)[nH]1.Cc1cc(-n2nc3c(c2-n2ccn(-c4ccc5c(cnn5CC5CC5)c4F)c2=O)CN(C=O)CC3)cc(C)c1F.Cc1cc2cc(C3CCOCC3)ccc2[nH]1. The first-order valence-corrected chi connectivity index (χ1v) is 22.7. The fourth-order valence-electron chi connectivity index (χ4n) is 9.33. The van der Waals surface area contributed by atoms with Crippen LogP contribution in [0, 0.1) is 44.2 Å². The predicted octanol–water partition coefficient (Wildman–Crippen LogP) is 7.84. The summed E-state index contributed by atoms with van der Waals surface area (Å²) in [6.07, 6.45) is 11.6. The molecule has 3 aromatic carbocycles. The quantitative estimate of drug-likeness (QED) is 0.146. The van der Waals surface area contributed by atoms with Gasteiger partial charge in [-0.2, -0.15) is 10.2 Å². The van der Waals surface area contributed by atoms with Gasteiger partial charge in [-0.3, -0.25) is 28.1 Å². The van der Waals surface area contributed by atoms with Gasteiger partial charge in [0.05, 0.1) is 40.7 Å². The number of amides is 1. The summed E-state index contributed by atoms with van der Waals surface area (Å²) in [6, 6.07) is 15.8. The van der Waals surface area contributed by atoms with Crippen LogP contribution in [-0.2, 0) is 29.0 Å². The van der Waals surface area contributed by atoms with Crippen LogP contribution >= 0.6 is 0 Å². The van der Waals surface area contributed by atoms with Crippen molar-refractivity contribution in [1.29, 1.82) is 0 Å². The molecule has 3 fully saturated rings. The molecule has 15 nitrogen and oxygen atoms in total. The largest absolute Gasteiger partial charge is 0.438 e. The molecule has 2 N–H and O–H groups in total. The van der Waals surface area contributed by atoms with Gasteiger partial charge in [0.1, 0.15) is 11.6 Å². The van der Waals surface area contributed by atoms with Gasteiger partial charge in [0.25, 0.3) is 0 Å². The van der Waals surface area contributed by atoms with Crippen LogP contribution in [0.25, 0.3) is 39.0 Å². The van der Waals surface area contributed by atoms with E-state index in [0.717, 1.165) is 69.5 Å². The van der Waals surface area contributed by atoms with Crippen molar-refractivity contribution in [2.45, 2.75) is 91.1 Å². The van der Waals surface area contributed by atoms with Crippen molar-refractivity contribution in [2.24, 2.45) is 11.8 Å². The number of carbonyl (C=O) groups excluding carboxylic acids is 1. The standard InChI is InChI=1S/C29H27F2N7O2.C14H17NO.C6H8N2O2/c1-17-11-20(12-18(2)26(17)30)38-28(22-15-34(16-39)8-7-23(22)33-38)36-10-9-35(29(36)40)25-6-5-24-21(27(25)31)13-32-37(24)14-19-3-4-19;1-10-8-13-9-12(2-3-14(13)15-10)11-4-6-16-7-5-11;1-3-2-4(3)5-7-6(9)10-8-5/h5-6,9-13,16,19H,3-4,7-8,14-15H2,1-2H3;2-3,8-9,11,15H,4-7H2,1H3;3-4H,2H2,1H3,(H,7,8,9). The number of H-pyrrole nitrogens is 2. The lowest BCUT2D eigenvalue weighted by molar-refractivity contribution is -0.118. The van der Waals surface area contributed by atoms with E-state index in [0.29, 0.717) is 76.0 Å². The molecule has 342 valence electrons. The minimum atomic E-state index is -0.521. The fraction of sp³-hybridized carbons (Fsp3) is 0.388. The Bertz CT molecular complexity index is 3190. The van der Waals surface area contributed by atoms with Crippen molar-refractivity contribution in [3.05, 3.63) is 139 Å². The molecule has 17 heteroatoms. The number of carbonyl (C=O) groups is 1. The van der Waals surface area contributed by atoms with Crippen LogP contribution in [0.5, 0.6) is 0 Å². The van der Waals surface area contributed by atoms with E-state index in [9.17, 15) is 18.8 Å². The maximum Gasteiger partial charge on any atom is 0.438 e. The fourth-order valence-corrected chi connectivity index (χ4v) is 9.33. The smallest absolute Gasteiger partial charge is 0.381 e. The molecule has 2 aliphatic heterocycles. The van der Waals surface area contributed by atoms with Crippen molar-refractivity contribution >= 4 is 28.2 Å². The number of nitrogens with zero attached hydrogens (tertiary/aromatic N) is 8. The average Bonchev–Trinajstić information content (AvgIpc) is 3.91. The highest BCUT2D eigenvalue weighted by Gasteiger charge is 2.37. The molecule has 8 aromatic rings. The lowest BCUT2D eigenvalue weighted by Crippen LogP contribution is -2.30. The van der Waals surface area contributed by atoms with Crippen molar-refractivity contribution < 1.29 is 22.8 Å². The van der Waals surface area contributed by atoms with E-state index in [-0.39, 0.29) is 18.0 Å². The van der Waals surface area contributed by atoms with Crippen LogP contribution in [0.1, 0.15) is 90.3 Å². The normalized spacial score (nSPS) is 18.2. The molecule has 5 aromatic heterocycles. The van der Waals surface area contributed by atoms with E-state index in [1.54, 1.807) is 53.9 Å². The first kappa shape index (κ1) is 43.0. The predicted molar refractivity (Wildman–Crippen MR) is 244 cm³/mol. The number of halogens is 2. The molecular weight excluding hydrogens is 847 g/mol. The number of ether oxygens (including phenoxy) is 1. The highest BCUT2D eigenvalue weighted by Crippen LogP contribution is 2.45. The number of imidazole rings is 1. The molecule has 0 spiro atoms. The number of nitrogens with one attached hydrogen (secondary N) is 2. The zero-order valence-corrected chi connectivity index (χ0v) is 37.4. The first-order chi connectivity index (χ1) is 31.9. The molecule has 0 bridgehead atoms. The lowest BCUT2D eigenvalue weighted by Gasteiger charge is -2.22. The molecule has 12 rings (SSSR count). The van der Waals surface area contributed by atoms with Gasteiger partial charge in [-0.1, -0.05) is 18.1 Å². The molecule has 0 radical (unpaired) electrons. The van der Waals surface area contributed by atoms with E-state index in [2.05, 4.69) is 62.9 Å². The zero-order valence-electron chi connectivity index (χ0n) is 37.4. The summed E-state index contributed by atoms with van der Waals surface area (Å²) in [7, 11) is 0. The number of aryl methyl sites for hydroxylation is 3. The van der Waals surface area contributed by atoms with Crippen LogP contribution in [0.3, 0.4) is 0 Å². The van der Waals surface area contributed by atoms with Crippen molar-refractivity contribution in [3.63, 3.8) is 0 Å². The third kappa shape index (κ3) is 8.43. The van der Waals surface area contributed by atoms with Crippen LogP contribution in [-0.4, -0.2) is 74.9 Å². The van der Waals surface area contributed by atoms with Crippen LogP contribution in [0.4, 0.5) is 8.78 Å². The Morgan fingerprint density at radius 1 is 0.909 bits per heavy atom. The summed E-state index contributed by atoms with van der Waals surface area (Å²) >= 11 is 0. The maximum atomic E-state index is 15.8. The molecule has 2 atom stereocenters. The number of benzene rings is 3. The molecular formula is C49H52F2N10O5. The minimum Gasteiger partial charge on any atom is -0.381 e.